The van der Waals surface area contributed by atoms with Gasteiger partial charge in [0.05, 0.1) is 8.07 Å². The van der Waals surface area contributed by atoms with E-state index in [-0.39, 0.29) is 23.4 Å². The summed E-state index contributed by atoms with van der Waals surface area (Å²) in [6, 6.07) is 6.79. The number of nitrogens with one attached hydrogen (secondary N) is 2. The van der Waals surface area contributed by atoms with Crippen molar-refractivity contribution in [3.8, 4) is 0 Å². The summed E-state index contributed by atoms with van der Waals surface area (Å²) in [4.78, 5) is 23.0. The second-order valence-electron chi connectivity index (χ2n) is 5.87. The van der Waals surface area contributed by atoms with Crippen molar-refractivity contribution < 1.29 is 14.0 Å². The molecule has 0 radical (unpaired) electrons. The van der Waals surface area contributed by atoms with Crippen LogP contribution < -0.4 is 15.8 Å². The van der Waals surface area contributed by atoms with Crippen LogP contribution in [0.15, 0.2) is 24.3 Å². The SMILES string of the molecule is CC(=O)NC(CS)C(=O)NCC[Si](C)(C)c1ccc(F)cc1. The van der Waals surface area contributed by atoms with Gasteiger partial charge >= 0.3 is 0 Å². The van der Waals surface area contributed by atoms with Gasteiger partial charge in [-0.25, -0.2) is 4.39 Å². The molecule has 122 valence electrons. The molecule has 1 rings (SSSR count). The first-order chi connectivity index (χ1) is 10.3. The van der Waals surface area contributed by atoms with Crippen molar-refractivity contribution in [3.63, 3.8) is 0 Å². The van der Waals surface area contributed by atoms with Crippen LogP contribution in [-0.2, 0) is 9.59 Å². The van der Waals surface area contributed by atoms with E-state index in [9.17, 15) is 14.0 Å². The largest absolute Gasteiger partial charge is 0.355 e. The zero-order valence-electron chi connectivity index (χ0n) is 13.1. The quantitative estimate of drug-likeness (QED) is 0.517. The predicted molar refractivity (Wildman–Crippen MR) is 92.8 cm³/mol. The van der Waals surface area contributed by atoms with Crippen LogP contribution in [0.3, 0.4) is 0 Å². The van der Waals surface area contributed by atoms with Crippen LogP contribution >= 0.6 is 12.6 Å². The third-order valence-electron chi connectivity index (χ3n) is 3.55. The molecule has 2 amide bonds. The van der Waals surface area contributed by atoms with Crippen LogP contribution in [0, 0.1) is 5.82 Å². The van der Waals surface area contributed by atoms with Gasteiger partial charge in [0.15, 0.2) is 0 Å². The summed E-state index contributed by atoms with van der Waals surface area (Å²) in [6.45, 7) is 6.25. The van der Waals surface area contributed by atoms with Gasteiger partial charge in [-0.3, -0.25) is 9.59 Å². The van der Waals surface area contributed by atoms with Gasteiger partial charge < -0.3 is 10.6 Å². The maximum absolute atomic E-state index is 13.0. The lowest BCUT2D eigenvalue weighted by Crippen LogP contribution is -2.49. The van der Waals surface area contributed by atoms with E-state index in [0.29, 0.717) is 6.54 Å². The number of hydrogen-bond acceptors (Lipinski definition) is 3. The first-order valence-electron chi connectivity index (χ1n) is 7.18. The summed E-state index contributed by atoms with van der Waals surface area (Å²) in [5.41, 5.74) is 0. The average molecular weight is 343 g/mol. The first-order valence-corrected chi connectivity index (χ1v) is 11.0. The fraction of sp³-hybridized carbons (Fsp3) is 0.467. The van der Waals surface area contributed by atoms with Gasteiger partial charge in [-0.1, -0.05) is 30.4 Å². The van der Waals surface area contributed by atoms with Crippen molar-refractivity contribution in [2.24, 2.45) is 0 Å². The van der Waals surface area contributed by atoms with Crippen molar-refractivity contribution in [2.75, 3.05) is 12.3 Å². The van der Waals surface area contributed by atoms with Crippen LogP contribution in [0.4, 0.5) is 4.39 Å². The van der Waals surface area contributed by atoms with Crippen molar-refractivity contribution >= 4 is 37.7 Å². The highest BCUT2D eigenvalue weighted by molar-refractivity contribution is 7.80. The maximum atomic E-state index is 13.0. The molecule has 2 N–H and O–H groups in total. The zero-order valence-corrected chi connectivity index (χ0v) is 15.0. The number of carbonyl (C=O) groups excluding carboxylic acids is 2. The van der Waals surface area contributed by atoms with E-state index in [2.05, 4.69) is 36.4 Å². The molecular formula is C15H23FN2O2SSi. The Bertz CT molecular complexity index is 523. The Hall–Kier alpha value is -1.34. The Kier molecular flexibility index (Phi) is 7.08. The predicted octanol–water partition coefficient (Wildman–Crippen LogP) is 1.29. The molecule has 0 fully saturated rings. The molecule has 1 aromatic carbocycles. The molecule has 1 unspecified atom stereocenters. The highest BCUT2D eigenvalue weighted by atomic mass is 32.1. The number of carbonyl (C=O) groups is 2. The maximum Gasteiger partial charge on any atom is 0.243 e. The summed E-state index contributed by atoms with van der Waals surface area (Å²) < 4.78 is 13.0. The molecule has 0 heterocycles. The van der Waals surface area contributed by atoms with Crippen LogP contribution in [0.2, 0.25) is 19.1 Å². The highest BCUT2D eigenvalue weighted by Crippen LogP contribution is 2.09. The second-order valence-corrected chi connectivity index (χ2v) is 11.1. The van der Waals surface area contributed by atoms with Crippen LogP contribution in [0.25, 0.3) is 0 Å². The van der Waals surface area contributed by atoms with Gasteiger partial charge in [0.25, 0.3) is 0 Å². The molecule has 4 nitrogen and oxygen atoms in total. The summed E-state index contributed by atoms with van der Waals surface area (Å²) in [5.74, 6) is -0.470. The lowest BCUT2D eigenvalue weighted by molar-refractivity contribution is -0.127. The summed E-state index contributed by atoms with van der Waals surface area (Å²) in [6.07, 6.45) is 0. The number of halogens is 1. The Morgan fingerprint density at radius 1 is 1.27 bits per heavy atom. The minimum Gasteiger partial charge on any atom is -0.355 e. The minimum atomic E-state index is -1.73. The lowest BCUT2D eigenvalue weighted by Gasteiger charge is -2.24. The number of thiol groups is 1. The molecule has 0 aliphatic heterocycles. The van der Waals surface area contributed by atoms with Gasteiger partial charge in [0, 0.05) is 19.2 Å². The van der Waals surface area contributed by atoms with Crippen molar-refractivity contribution in [1.82, 2.24) is 10.6 Å². The summed E-state index contributed by atoms with van der Waals surface area (Å²) in [5, 5.41) is 6.54. The van der Waals surface area contributed by atoms with Crippen LogP contribution in [0.5, 0.6) is 0 Å². The fourth-order valence-corrected chi connectivity index (χ4v) is 4.47. The fourth-order valence-electron chi connectivity index (χ4n) is 2.11. The molecule has 1 atom stereocenters. The van der Waals surface area contributed by atoms with E-state index >= 15 is 0 Å². The van der Waals surface area contributed by atoms with Crippen LogP contribution in [-0.4, -0.2) is 38.2 Å². The van der Waals surface area contributed by atoms with Gasteiger partial charge in [-0.05, 0) is 18.2 Å². The van der Waals surface area contributed by atoms with E-state index in [4.69, 9.17) is 0 Å². The summed E-state index contributed by atoms with van der Waals surface area (Å²) in [7, 11) is -1.73. The number of amides is 2. The topological polar surface area (TPSA) is 58.2 Å². The van der Waals surface area contributed by atoms with Gasteiger partial charge in [0.1, 0.15) is 11.9 Å². The molecule has 0 bridgehead atoms. The smallest absolute Gasteiger partial charge is 0.243 e. The van der Waals surface area contributed by atoms with E-state index in [1.165, 1.54) is 19.1 Å². The van der Waals surface area contributed by atoms with Crippen molar-refractivity contribution in [3.05, 3.63) is 30.1 Å². The summed E-state index contributed by atoms with van der Waals surface area (Å²) >= 11 is 4.07. The number of hydrogen-bond donors (Lipinski definition) is 3. The Morgan fingerprint density at radius 2 is 1.86 bits per heavy atom. The van der Waals surface area contributed by atoms with Crippen molar-refractivity contribution in [2.45, 2.75) is 32.1 Å². The molecule has 1 aromatic rings. The standard InChI is InChI=1S/C15H23FN2O2SSi/c1-11(19)18-14(10-21)15(20)17-8-9-22(2,3)13-6-4-12(16)5-7-13/h4-7,14,21H,8-10H2,1-3H3,(H,17,20)(H,18,19). The molecule has 0 aliphatic carbocycles. The first kappa shape index (κ1) is 18.7. The molecule has 0 aromatic heterocycles. The second kappa shape index (κ2) is 8.33. The van der Waals surface area contributed by atoms with E-state index < -0.39 is 14.1 Å². The monoisotopic (exact) mass is 342 g/mol. The number of rotatable bonds is 7. The Morgan fingerprint density at radius 3 is 2.36 bits per heavy atom. The molecular weight excluding hydrogens is 319 g/mol. The van der Waals surface area contributed by atoms with Gasteiger partial charge in [0.2, 0.25) is 11.8 Å². The molecule has 0 spiro atoms. The Balaban J connectivity index is 2.53. The minimum absolute atomic E-state index is 0.228. The molecule has 0 saturated carbocycles. The highest BCUT2D eigenvalue weighted by Gasteiger charge is 2.24. The molecule has 0 saturated heterocycles. The normalized spacial score (nSPS) is 12.6. The van der Waals surface area contributed by atoms with Gasteiger partial charge in [-0.15, -0.1) is 0 Å². The Labute approximate surface area is 137 Å². The van der Waals surface area contributed by atoms with E-state index in [1.54, 1.807) is 0 Å². The number of benzene rings is 1. The van der Waals surface area contributed by atoms with Crippen LogP contribution in [0.1, 0.15) is 6.92 Å². The molecule has 22 heavy (non-hydrogen) atoms. The average Bonchev–Trinajstić information content (AvgIpc) is 2.44. The van der Waals surface area contributed by atoms with E-state index in [0.717, 1.165) is 11.2 Å². The lowest BCUT2D eigenvalue weighted by atomic mass is 10.3. The van der Waals surface area contributed by atoms with Gasteiger partial charge in [-0.2, -0.15) is 12.6 Å². The third kappa shape index (κ3) is 5.80. The van der Waals surface area contributed by atoms with E-state index in [1.807, 2.05) is 12.1 Å². The molecule has 0 aliphatic rings. The molecule has 7 heteroatoms. The third-order valence-corrected chi connectivity index (χ3v) is 7.31. The van der Waals surface area contributed by atoms with Crippen molar-refractivity contribution in [1.29, 1.82) is 0 Å². The zero-order chi connectivity index (χ0) is 16.8.